The van der Waals surface area contributed by atoms with Crippen LogP contribution in [0, 0.1) is 20.8 Å². The molecule has 0 aromatic carbocycles. The first kappa shape index (κ1) is 15.1. The van der Waals surface area contributed by atoms with Crippen molar-refractivity contribution in [1.82, 2.24) is 40.0 Å². The highest BCUT2D eigenvalue weighted by Crippen LogP contribution is 2.30. The van der Waals surface area contributed by atoms with Gasteiger partial charge in [0.05, 0.1) is 11.4 Å². The molecule has 23 heavy (non-hydrogen) atoms. The quantitative estimate of drug-likeness (QED) is 0.711. The zero-order valence-electron chi connectivity index (χ0n) is 12.4. The number of hydrogen-bond acceptors (Lipinski definition) is 6. The van der Waals surface area contributed by atoms with E-state index in [1.807, 2.05) is 0 Å². The van der Waals surface area contributed by atoms with Gasteiger partial charge in [-0.1, -0.05) is 0 Å². The molecule has 0 aliphatic heterocycles. The van der Waals surface area contributed by atoms with E-state index < -0.39 is 11.9 Å². The van der Waals surface area contributed by atoms with Gasteiger partial charge in [-0.25, -0.2) is 4.68 Å². The largest absolute Gasteiger partial charge is 0.433 e. The van der Waals surface area contributed by atoms with Crippen molar-refractivity contribution in [1.29, 1.82) is 0 Å². The van der Waals surface area contributed by atoms with Crippen LogP contribution in [0.15, 0.2) is 12.1 Å². The van der Waals surface area contributed by atoms with Gasteiger partial charge in [-0.2, -0.15) is 28.1 Å². The summed E-state index contributed by atoms with van der Waals surface area (Å²) in [5, 5.41) is 22.8. The molecule has 0 aliphatic rings. The topological polar surface area (TPSA) is 87.2 Å². The summed E-state index contributed by atoms with van der Waals surface area (Å²) in [6.07, 6.45) is -4.58. The van der Waals surface area contributed by atoms with Crippen molar-refractivity contribution in [3.63, 3.8) is 0 Å². The lowest BCUT2D eigenvalue weighted by atomic mass is 10.3. The van der Waals surface area contributed by atoms with E-state index in [0.717, 1.165) is 17.5 Å². The van der Waals surface area contributed by atoms with Gasteiger partial charge in [-0.3, -0.25) is 0 Å². The van der Waals surface area contributed by atoms with Gasteiger partial charge in [0, 0.05) is 5.69 Å². The fraction of sp³-hybridized carbons (Fsp3) is 0.333. The highest BCUT2D eigenvalue weighted by molar-refractivity contribution is 5.22. The molecule has 0 bridgehead atoms. The second kappa shape index (κ2) is 5.11. The maximum atomic E-state index is 13.0. The van der Waals surface area contributed by atoms with Gasteiger partial charge in [0.1, 0.15) is 0 Å². The lowest BCUT2D eigenvalue weighted by molar-refractivity contribution is -0.143. The van der Waals surface area contributed by atoms with Gasteiger partial charge in [0.2, 0.25) is 0 Å². The fourth-order valence-corrected chi connectivity index (χ4v) is 2.07. The smallest absolute Gasteiger partial charge is 0.200 e. The first-order valence-corrected chi connectivity index (χ1v) is 6.51. The van der Waals surface area contributed by atoms with Crippen molar-refractivity contribution in [2.75, 3.05) is 0 Å². The molecule has 3 heterocycles. The van der Waals surface area contributed by atoms with E-state index in [9.17, 15) is 13.2 Å². The summed E-state index contributed by atoms with van der Waals surface area (Å²) >= 11 is 0. The molecular weight excluding hydrogens is 313 g/mol. The average Bonchev–Trinajstić information content (AvgIpc) is 3.01. The summed E-state index contributed by atoms with van der Waals surface area (Å²) in [7, 11) is 0. The van der Waals surface area contributed by atoms with E-state index in [1.165, 1.54) is 11.6 Å². The number of halogens is 3. The van der Waals surface area contributed by atoms with Crippen LogP contribution in [0.1, 0.15) is 22.8 Å². The fourth-order valence-electron chi connectivity index (χ4n) is 2.07. The molecule has 8 nitrogen and oxygen atoms in total. The Balaban J connectivity index is 2.02. The van der Waals surface area contributed by atoms with Gasteiger partial charge in [0.25, 0.3) is 11.9 Å². The normalized spacial score (nSPS) is 11.9. The van der Waals surface area contributed by atoms with Crippen LogP contribution in [0.25, 0.3) is 11.9 Å². The third-order valence-corrected chi connectivity index (χ3v) is 2.97. The van der Waals surface area contributed by atoms with Crippen LogP contribution in [-0.4, -0.2) is 40.0 Å². The lowest BCUT2D eigenvalue weighted by Crippen LogP contribution is -2.17. The van der Waals surface area contributed by atoms with E-state index in [-0.39, 0.29) is 17.6 Å². The van der Waals surface area contributed by atoms with E-state index in [2.05, 4.69) is 30.6 Å². The summed E-state index contributed by atoms with van der Waals surface area (Å²) in [5.41, 5.74) is 0.697. The van der Waals surface area contributed by atoms with Crippen LogP contribution < -0.4 is 0 Å². The van der Waals surface area contributed by atoms with Gasteiger partial charge >= 0.3 is 6.18 Å². The minimum absolute atomic E-state index is 0.0665. The summed E-state index contributed by atoms with van der Waals surface area (Å²) in [4.78, 5) is 0. The Morgan fingerprint density at radius 1 is 0.783 bits per heavy atom. The molecule has 0 unspecified atom stereocenters. The first-order valence-electron chi connectivity index (χ1n) is 6.51. The average molecular weight is 324 g/mol. The van der Waals surface area contributed by atoms with Gasteiger partial charge < -0.3 is 0 Å². The van der Waals surface area contributed by atoms with Crippen LogP contribution in [0.3, 0.4) is 0 Å². The molecule has 0 saturated carbocycles. The minimum atomic E-state index is -4.58. The van der Waals surface area contributed by atoms with E-state index in [0.29, 0.717) is 4.68 Å². The number of aromatic nitrogens is 8. The molecule has 120 valence electrons. The number of hydrogen-bond donors (Lipinski definition) is 0. The highest BCUT2D eigenvalue weighted by Gasteiger charge is 2.36. The monoisotopic (exact) mass is 324 g/mol. The highest BCUT2D eigenvalue weighted by atomic mass is 19.4. The Morgan fingerprint density at radius 2 is 1.26 bits per heavy atom. The van der Waals surface area contributed by atoms with Gasteiger partial charge in [0.15, 0.2) is 5.69 Å². The first-order chi connectivity index (χ1) is 10.8. The van der Waals surface area contributed by atoms with Crippen LogP contribution in [0.4, 0.5) is 13.2 Å². The molecule has 0 amide bonds. The molecule has 11 heteroatoms. The molecule has 0 fully saturated rings. The second-order valence-electron chi connectivity index (χ2n) is 4.92. The predicted octanol–water partition coefficient (Wildman–Crippen LogP) is 1.58. The summed E-state index contributed by atoms with van der Waals surface area (Å²) in [6.45, 7) is 5.02. The van der Waals surface area contributed by atoms with Crippen molar-refractivity contribution in [2.24, 2.45) is 0 Å². The number of alkyl halides is 3. The number of nitrogens with zero attached hydrogens (tertiary/aromatic N) is 8. The summed E-state index contributed by atoms with van der Waals surface area (Å²) in [6, 6.07) is 2.70. The molecule has 0 N–H and O–H groups in total. The van der Waals surface area contributed by atoms with Crippen LogP contribution in [-0.2, 0) is 6.18 Å². The van der Waals surface area contributed by atoms with Crippen LogP contribution in [0.5, 0.6) is 0 Å². The molecule has 0 atom stereocenters. The maximum Gasteiger partial charge on any atom is 0.433 e. The standard InChI is InChI=1S/C12H11F3N8/c1-6-4-8(3)22(20-6)10-16-18-11(19-17-10)23-9(12(13,14)15)5-7(2)21-23/h4-5H,1-3H3. The molecule has 0 saturated heterocycles. The number of rotatable bonds is 2. The zero-order valence-corrected chi connectivity index (χ0v) is 12.4. The molecule has 0 spiro atoms. The summed E-state index contributed by atoms with van der Waals surface area (Å²) < 4.78 is 40.9. The summed E-state index contributed by atoms with van der Waals surface area (Å²) in [5.74, 6) is -0.299. The van der Waals surface area contributed by atoms with Crippen molar-refractivity contribution in [2.45, 2.75) is 26.9 Å². The second-order valence-corrected chi connectivity index (χ2v) is 4.92. The Labute approximate surface area is 128 Å². The van der Waals surface area contributed by atoms with Crippen molar-refractivity contribution >= 4 is 0 Å². The Morgan fingerprint density at radius 3 is 1.74 bits per heavy atom. The third kappa shape index (κ3) is 2.76. The van der Waals surface area contributed by atoms with Gasteiger partial charge in [-0.05, 0) is 32.9 Å². The predicted molar refractivity (Wildman–Crippen MR) is 71.1 cm³/mol. The van der Waals surface area contributed by atoms with E-state index in [4.69, 9.17) is 0 Å². The zero-order chi connectivity index (χ0) is 16.8. The van der Waals surface area contributed by atoms with E-state index in [1.54, 1.807) is 19.9 Å². The molecule has 0 radical (unpaired) electrons. The maximum absolute atomic E-state index is 13.0. The third-order valence-electron chi connectivity index (χ3n) is 2.97. The molecular formula is C12H11F3N8. The SMILES string of the molecule is Cc1cc(C)n(-c2nnc(-n3nc(C)cc3C(F)(F)F)nn2)n1. The minimum Gasteiger partial charge on any atom is -0.200 e. The molecule has 3 aromatic heterocycles. The number of aryl methyl sites for hydroxylation is 3. The molecule has 0 aliphatic carbocycles. The van der Waals surface area contributed by atoms with Gasteiger partial charge in [-0.15, -0.1) is 20.4 Å². The van der Waals surface area contributed by atoms with Crippen molar-refractivity contribution in [3.8, 4) is 11.9 Å². The van der Waals surface area contributed by atoms with Crippen LogP contribution in [0.2, 0.25) is 0 Å². The van der Waals surface area contributed by atoms with Crippen molar-refractivity contribution in [3.05, 3.63) is 34.9 Å². The Kier molecular flexibility index (Phi) is 3.34. The van der Waals surface area contributed by atoms with Crippen LogP contribution >= 0.6 is 0 Å². The Bertz CT molecular complexity index is 846. The molecule has 3 aromatic rings. The lowest BCUT2D eigenvalue weighted by Gasteiger charge is -2.08. The van der Waals surface area contributed by atoms with Crippen molar-refractivity contribution < 1.29 is 13.2 Å². The Hall–Kier alpha value is -2.85. The molecule has 3 rings (SSSR count). The van der Waals surface area contributed by atoms with E-state index >= 15 is 0 Å².